The van der Waals surface area contributed by atoms with E-state index in [2.05, 4.69) is 161 Å². The van der Waals surface area contributed by atoms with Gasteiger partial charge in [0.15, 0.2) is 0 Å². The molecule has 0 saturated heterocycles. The van der Waals surface area contributed by atoms with E-state index in [1.54, 1.807) is 0 Å². The van der Waals surface area contributed by atoms with E-state index in [1.807, 2.05) is 30.3 Å². The van der Waals surface area contributed by atoms with E-state index in [-0.39, 0.29) is 25.5 Å². The third-order valence-corrected chi connectivity index (χ3v) is 14.3. The first kappa shape index (κ1) is 40.3. The van der Waals surface area contributed by atoms with Crippen molar-refractivity contribution in [1.82, 2.24) is 19.5 Å². The number of furan rings is 1. The van der Waals surface area contributed by atoms with E-state index in [9.17, 15) is 0 Å². The van der Waals surface area contributed by atoms with Crippen LogP contribution in [0.15, 0.2) is 102 Å². The van der Waals surface area contributed by atoms with Gasteiger partial charge in [-0.3, -0.25) is 4.98 Å². The molecule has 1 radical (unpaired) electrons. The maximum absolute atomic E-state index is 6.13. The first-order valence-electron chi connectivity index (χ1n) is 18.9. The van der Waals surface area contributed by atoms with Crippen LogP contribution in [0.1, 0.15) is 68.5 Å². The molecule has 0 aliphatic rings. The standard InChI is InChI=1S/C31H28N3O.C17H22GeN.Ir/c1-18-15-19(2)28(20(3)16-18)34-25-10-8-7-9-24(25)32-29(34)21-11-13-26-23(17-21)22-12-14-27(31(4,5)6)33-30(22)35-26;1-13(2)15-11-17(14-9-7-6-8-10-14)19-12-16(15)18(3,4)5;/h7-10,12-17H,1-6H3;6-9,11-13H,1-5H3;/q2*-1;. The van der Waals surface area contributed by atoms with Gasteiger partial charge in [0.05, 0.1) is 22.4 Å². The van der Waals surface area contributed by atoms with Gasteiger partial charge in [0.2, 0.25) is 5.71 Å². The number of rotatable bonds is 5. The number of hydrogen-bond acceptors (Lipinski definition) is 4. The maximum Gasteiger partial charge on any atom is 0.216 e. The van der Waals surface area contributed by atoms with Crippen LogP contribution in [0, 0.1) is 32.9 Å². The Balaban J connectivity index is 0.000000219. The largest absolute Gasteiger partial charge is 0.486 e. The van der Waals surface area contributed by atoms with Crippen molar-refractivity contribution in [3.63, 3.8) is 0 Å². The Bertz CT molecular complexity index is 2620. The number of benzene rings is 4. The first-order valence-corrected chi connectivity index (χ1v) is 26.2. The summed E-state index contributed by atoms with van der Waals surface area (Å²) in [5, 5.41) is 2.03. The third kappa shape index (κ3) is 8.14. The zero-order valence-corrected chi connectivity index (χ0v) is 38.3. The number of pyridine rings is 2. The average molecular weight is 964 g/mol. The van der Waals surface area contributed by atoms with Crippen LogP contribution in [0.5, 0.6) is 0 Å². The molecule has 0 N–H and O–H groups in total. The summed E-state index contributed by atoms with van der Waals surface area (Å²) in [4.78, 5) is 14.6. The van der Waals surface area contributed by atoms with Crippen LogP contribution in [-0.2, 0) is 25.5 Å². The van der Waals surface area contributed by atoms with Gasteiger partial charge in [0.1, 0.15) is 0 Å². The van der Waals surface area contributed by atoms with Crippen molar-refractivity contribution < 1.29 is 24.5 Å². The number of para-hydroxylation sites is 2. The Hall–Kier alpha value is -4.36. The van der Waals surface area contributed by atoms with Crippen molar-refractivity contribution in [2.75, 3.05) is 0 Å². The summed E-state index contributed by atoms with van der Waals surface area (Å²) in [6.45, 7) is 17.5. The number of aryl methyl sites for hydroxylation is 3. The number of nitrogens with zero attached hydrogens (tertiary/aromatic N) is 4. The van der Waals surface area contributed by atoms with Crippen LogP contribution in [0.2, 0.25) is 17.3 Å². The Kier molecular flexibility index (Phi) is 11.5. The predicted octanol–water partition coefficient (Wildman–Crippen LogP) is 12.2. The molecule has 8 rings (SSSR count). The monoisotopic (exact) mass is 965 g/mol. The van der Waals surface area contributed by atoms with Gasteiger partial charge in [-0.25, -0.2) is 4.98 Å². The van der Waals surface area contributed by atoms with Crippen molar-refractivity contribution >= 4 is 50.8 Å². The summed E-state index contributed by atoms with van der Waals surface area (Å²) in [6, 6.07) is 38.1. The number of imidazole rings is 1. The predicted molar refractivity (Wildman–Crippen MR) is 229 cm³/mol. The Morgan fingerprint density at radius 3 is 2.15 bits per heavy atom. The van der Waals surface area contributed by atoms with E-state index < -0.39 is 13.3 Å². The van der Waals surface area contributed by atoms with E-state index in [1.165, 1.54) is 32.3 Å². The van der Waals surface area contributed by atoms with E-state index in [4.69, 9.17) is 14.4 Å². The fourth-order valence-electron chi connectivity index (χ4n) is 7.38. The first-order chi connectivity index (χ1) is 25.6. The summed E-state index contributed by atoms with van der Waals surface area (Å²) in [5.74, 6) is 8.70. The molecule has 8 aromatic rings. The van der Waals surface area contributed by atoms with Crippen LogP contribution in [0.4, 0.5) is 0 Å². The summed E-state index contributed by atoms with van der Waals surface area (Å²) in [5.41, 5.74) is 13.9. The third-order valence-electron chi connectivity index (χ3n) is 10.1. The van der Waals surface area contributed by atoms with E-state index in [0.29, 0.717) is 11.6 Å². The molecule has 0 atom stereocenters. The second-order valence-electron chi connectivity index (χ2n) is 16.9. The van der Waals surface area contributed by atoms with Gasteiger partial charge in [-0.15, -0.1) is 23.8 Å². The number of hydrogen-bond donors (Lipinski definition) is 0. The Labute approximate surface area is 342 Å². The van der Waals surface area contributed by atoms with Gasteiger partial charge < -0.3 is 8.98 Å². The Morgan fingerprint density at radius 2 is 1.49 bits per heavy atom. The van der Waals surface area contributed by atoms with Gasteiger partial charge in [-0.2, -0.15) is 0 Å². The minimum atomic E-state index is -1.85. The van der Waals surface area contributed by atoms with Crippen molar-refractivity contribution in [3.05, 3.63) is 137 Å². The smallest absolute Gasteiger partial charge is 0.216 e. The molecular formula is C48H50GeIrN4O-2. The fourth-order valence-corrected chi connectivity index (χ4v) is 10.9. The van der Waals surface area contributed by atoms with Gasteiger partial charge in [0.25, 0.3) is 0 Å². The molecule has 283 valence electrons. The maximum atomic E-state index is 6.13. The van der Waals surface area contributed by atoms with Gasteiger partial charge in [-0.05, 0) is 56.2 Å². The molecule has 0 bridgehead atoms. The molecule has 55 heavy (non-hydrogen) atoms. The van der Waals surface area contributed by atoms with Crippen molar-refractivity contribution in [1.29, 1.82) is 0 Å². The van der Waals surface area contributed by atoms with Crippen LogP contribution < -0.4 is 4.40 Å². The van der Waals surface area contributed by atoms with Crippen LogP contribution in [-0.4, -0.2) is 32.8 Å². The van der Waals surface area contributed by atoms with Gasteiger partial charge >= 0.3 is 119 Å². The molecule has 0 unspecified atom stereocenters. The molecule has 0 fully saturated rings. The molecule has 7 heteroatoms. The molecule has 4 aromatic carbocycles. The molecule has 0 saturated carbocycles. The summed E-state index contributed by atoms with van der Waals surface area (Å²) >= 11 is -1.85. The van der Waals surface area contributed by atoms with E-state index in [0.717, 1.165) is 55.7 Å². The number of aromatic nitrogens is 4. The zero-order valence-electron chi connectivity index (χ0n) is 33.8. The van der Waals surface area contributed by atoms with Crippen molar-refractivity contribution in [3.8, 4) is 28.3 Å². The van der Waals surface area contributed by atoms with Gasteiger partial charge in [-0.1, -0.05) is 56.0 Å². The summed E-state index contributed by atoms with van der Waals surface area (Å²) in [7, 11) is 0. The van der Waals surface area contributed by atoms with E-state index >= 15 is 0 Å². The second kappa shape index (κ2) is 15.6. The molecule has 4 heterocycles. The average Bonchev–Trinajstić information content (AvgIpc) is 3.69. The molecule has 0 spiro atoms. The minimum Gasteiger partial charge on any atom is -0.486 e. The van der Waals surface area contributed by atoms with Crippen molar-refractivity contribution in [2.24, 2.45) is 0 Å². The van der Waals surface area contributed by atoms with Gasteiger partial charge in [0, 0.05) is 42.3 Å². The zero-order chi connectivity index (χ0) is 38.5. The molecular weight excluding hydrogens is 913 g/mol. The van der Waals surface area contributed by atoms with Crippen LogP contribution in [0.3, 0.4) is 0 Å². The topological polar surface area (TPSA) is 56.7 Å². The normalized spacial score (nSPS) is 11.9. The fraction of sp³-hybridized carbons (Fsp3) is 0.271. The summed E-state index contributed by atoms with van der Waals surface area (Å²) in [6.07, 6.45) is 2.12. The number of fused-ring (bicyclic) bond motifs is 4. The minimum absolute atomic E-state index is 0. The molecule has 5 nitrogen and oxygen atoms in total. The Morgan fingerprint density at radius 1 is 0.782 bits per heavy atom. The quantitative estimate of drug-likeness (QED) is 0.127. The molecule has 4 aromatic heterocycles. The van der Waals surface area contributed by atoms with Crippen molar-refractivity contribution in [2.45, 2.75) is 84.0 Å². The van der Waals surface area contributed by atoms with Crippen LogP contribution >= 0.6 is 0 Å². The second-order valence-corrected chi connectivity index (χ2v) is 27.4. The molecule has 0 amide bonds. The molecule has 0 aliphatic heterocycles. The summed E-state index contributed by atoms with van der Waals surface area (Å²) < 4.78 is 9.93. The SMILES string of the molecule is CC(C)c1cc(-c2[c-]cccc2)nc[c]1[Ge]([CH3])([CH3])[CH3].Cc1cc(C)c(-n2c(-c3[c-]cc4oc5nc(C(C)(C)C)ccc5c4c3)nc3ccccc32)c(C)c1.[Ir]. The van der Waals surface area contributed by atoms with Crippen LogP contribution in [0.25, 0.3) is 61.4 Å². The molecule has 0 aliphatic carbocycles.